The Morgan fingerprint density at radius 3 is 2.47 bits per heavy atom. The molecule has 0 amide bonds. The molecule has 108 valence electrons. The molecule has 0 radical (unpaired) electrons. The van der Waals surface area contributed by atoms with Crippen molar-refractivity contribution in [3.8, 4) is 0 Å². The molecule has 0 aliphatic carbocycles. The summed E-state index contributed by atoms with van der Waals surface area (Å²) in [6.07, 6.45) is 2.60. The minimum absolute atomic E-state index is 0.400. The van der Waals surface area contributed by atoms with Crippen LogP contribution in [0.1, 0.15) is 44.5 Å². The van der Waals surface area contributed by atoms with E-state index in [4.69, 9.17) is 5.73 Å². The molecular weight excluding hydrogens is 320 g/mol. The molecule has 2 rings (SSSR count). The van der Waals surface area contributed by atoms with Crippen molar-refractivity contribution in [2.45, 2.75) is 39.7 Å². The van der Waals surface area contributed by atoms with Gasteiger partial charge in [0.15, 0.2) is 0 Å². The second kappa shape index (κ2) is 6.25. The largest absolute Gasteiger partial charge is 0.329 e. The van der Waals surface area contributed by atoms with Crippen LogP contribution in [-0.4, -0.2) is 24.5 Å². The summed E-state index contributed by atoms with van der Waals surface area (Å²) >= 11 is 5.35. The Morgan fingerprint density at radius 1 is 1.42 bits per heavy atom. The molecule has 0 bridgehead atoms. The molecule has 1 aliphatic heterocycles. The lowest BCUT2D eigenvalue weighted by molar-refractivity contribution is 0.0857. The highest BCUT2D eigenvalue weighted by molar-refractivity contribution is 9.10. The van der Waals surface area contributed by atoms with Crippen LogP contribution >= 0.6 is 27.3 Å². The topological polar surface area (TPSA) is 29.3 Å². The Balaban J connectivity index is 1.99. The van der Waals surface area contributed by atoms with Crippen LogP contribution in [0, 0.1) is 11.3 Å². The summed E-state index contributed by atoms with van der Waals surface area (Å²) in [6.45, 7) is 10.2. The number of nitrogens with two attached hydrogens (primary N) is 1. The van der Waals surface area contributed by atoms with Crippen molar-refractivity contribution in [2.24, 2.45) is 17.1 Å². The highest BCUT2D eigenvalue weighted by Crippen LogP contribution is 2.37. The number of halogens is 1. The molecule has 1 fully saturated rings. The molecule has 19 heavy (non-hydrogen) atoms. The second-order valence-corrected chi connectivity index (χ2v) is 8.45. The Hall–Kier alpha value is 0.1000. The number of thiophene rings is 1. The molecule has 1 atom stereocenters. The second-order valence-electron chi connectivity index (χ2n) is 6.60. The monoisotopic (exact) mass is 344 g/mol. The lowest BCUT2D eigenvalue weighted by Gasteiger charge is -2.41. The van der Waals surface area contributed by atoms with Gasteiger partial charge < -0.3 is 5.73 Å². The zero-order valence-electron chi connectivity index (χ0n) is 12.2. The molecule has 1 aromatic rings. The zero-order valence-corrected chi connectivity index (χ0v) is 14.6. The van der Waals surface area contributed by atoms with Gasteiger partial charge >= 0.3 is 0 Å². The van der Waals surface area contributed by atoms with E-state index in [9.17, 15) is 0 Å². The third-order valence-electron chi connectivity index (χ3n) is 4.33. The van der Waals surface area contributed by atoms with Crippen LogP contribution < -0.4 is 5.73 Å². The van der Waals surface area contributed by atoms with E-state index >= 15 is 0 Å². The van der Waals surface area contributed by atoms with Gasteiger partial charge in [0, 0.05) is 21.3 Å². The lowest BCUT2D eigenvalue weighted by atomic mass is 9.75. The van der Waals surface area contributed by atoms with Crippen LogP contribution in [0.5, 0.6) is 0 Å². The Kier molecular flexibility index (Phi) is 5.09. The van der Waals surface area contributed by atoms with Gasteiger partial charge in [0.1, 0.15) is 0 Å². The lowest BCUT2D eigenvalue weighted by Crippen LogP contribution is -2.42. The Morgan fingerprint density at radius 2 is 2.05 bits per heavy atom. The van der Waals surface area contributed by atoms with E-state index in [0.29, 0.717) is 18.0 Å². The summed E-state index contributed by atoms with van der Waals surface area (Å²) < 4.78 is 1.18. The van der Waals surface area contributed by atoms with E-state index in [0.717, 1.165) is 5.92 Å². The minimum atomic E-state index is 0.400. The van der Waals surface area contributed by atoms with Gasteiger partial charge in [-0.1, -0.05) is 20.8 Å². The van der Waals surface area contributed by atoms with Gasteiger partial charge in [0.25, 0.3) is 0 Å². The number of piperidine rings is 1. The molecule has 2 nitrogen and oxygen atoms in total. The fourth-order valence-corrected chi connectivity index (χ4v) is 4.62. The first-order valence-electron chi connectivity index (χ1n) is 7.10. The van der Waals surface area contributed by atoms with Crippen molar-refractivity contribution in [2.75, 3.05) is 19.6 Å². The number of nitrogens with zero attached hydrogens (tertiary/aromatic N) is 1. The van der Waals surface area contributed by atoms with E-state index in [-0.39, 0.29) is 0 Å². The molecule has 2 N–H and O–H groups in total. The highest BCUT2D eigenvalue weighted by atomic mass is 79.9. The summed E-state index contributed by atoms with van der Waals surface area (Å²) in [6, 6.07) is 2.62. The van der Waals surface area contributed by atoms with Gasteiger partial charge in [-0.3, -0.25) is 4.90 Å². The molecule has 0 aromatic carbocycles. The van der Waals surface area contributed by atoms with Crippen LogP contribution in [0.4, 0.5) is 0 Å². The predicted molar refractivity (Wildman–Crippen MR) is 87.6 cm³/mol. The molecule has 1 unspecified atom stereocenters. The average molecular weight is 345 g/mol. The molecule has 1 aliphatic rings. The minimum Gasteiger partial charge on any atom is -0.329 e. The van der Waals surface area contributed by atoms with Gasteiger partial charge in [-0.15, -0.1) is 11.3 Å². The maximum atomic E-state index is 6.02. The standard InChI is InChI=1S/C15H25BrN2S/c1-15(2,3)11-4-6-18(7-5-11)13(9-17)14-8-12(16)10-19-14/h8,10-11,13H,4-7,9,17H2,1-3H3. The van der Waals surface area contributed by atoms with Crippen LogP contribution in [0.2, 0.25) is 0 Å². The number of rotatable bonds is 3. The normalized spacial score (nSPS) is 20.7. The van der Waals surface area contributed by atoms with Crippen LogP contribution in [0.25, 0.3) is 0 Å². The van der Waals surface area contributed by atoms with E-state index < -0.39 is 0 Å². The summed E-state index contributed by atoms with van der Waals surface area (Å²) in [5.74, 6) is 0.845. The van der Waals surface area contributed by atoms with E-state index in [1.165, 1.54) is 35.3 Å². The highest BCUT2D eigenvalue weighted by Gasteiger charge is 2.31. The SMILES string of the molecule is CC(C)(C)C1CCN(C(CN)c2cc(Br)cs2)CC1. The number of hydrogen-bond acceptors (Lipinski definition) is 3. The third-order valence-corrected chi connectivity index (χ3v) is 6.13. The molecule has 4 heteroatoms. The van der Waals surface area contributed by atoms with Gasteiger partial charge in [-0.05, 0) is 59.3 Å². The van der Waals surface area contributed by atoms with Crippen molar-refractivity contribution in [3.05, 3.63) is 20.8 Å². The fraction of sp³-hybridized carbons (Fsp3) is 0.733. The van der Waals surface area contributed by atoms with Crippen LogP contribution in [-0.2, 0) is 0 Å². The fourth-order valence-electron chi connectivity index (χ4n) is 3.03. The Labute approximate surface area is 129 Å². The number of hydrogen-bond donors (Lipinski definition) is 1. The average Bonchev–Trinajstić information content (AvgIpc) is 2.76. The van der Waals surface area contributed by atoms with E-state index in [1.807, 2.05) is 11.3 Å². The Bertz CT molecular complexity index is 403. The molecule has 2 heterocycles. The maximum Gasteiger partial charge on any atom is 0.0564 e. The molecule has 0 spiro atoms. The smallest absolute Gasteiger partial charge is 0.0564 e. The van der Waals surface area contributed by atoms with Gasteiger partial charge in [0.05, 0.1) is 6.04 Å². The maximum absolute atomic E-state index is 6.02. The number of likely N-dealkylation sites (tertiary alicyclic amines) is 1. The zero-order chi connectivity index (χ0) is 14.0. The first kappa shape index (κ1) is 15.5. The van der Waals surface area contributed by atoms with Crippen molar-refractivity contribution in [1.82, 2.24) is 4.90 Å². The van der Waals surface area contributed by atoms with Gasteiger partial charge in [-0.25, -0.2) is 0 Å². The van der Waals surface area contributed by atoms with Crippen molar-refractivity contribution in [3.63, 3.8) is 0 Å². The molecule has 1 aromatic heterocycles. The summed E-state index contributed by atoms with van der Waals surface area (Å²) in [5, 5.41) is 2.15. The van der Waals surface area contributed by atoms with Gasteiger partial charge in [-0.2, -0.15) is 0 Å². The van der Waals surface area contributed by atoms with Crippen LogP contribution in [0.15, 0.2) is 15.9 Å². The summed E-state index contributed by atoms with van der Waals surface area (Å²) in [5.41, 5.74) is 6.46. The van der Waals surface area contributed by atoms with Crippen molar-refractivity contribution >= 4 is 27.3 Å². The quantitative estimate of drug-likeness (QED) is 0.886. The van der Waals surface area contributed by atoms with Crippen molar-refractivity contribution < 1.29 is 0 Å². The van der Waals surface area contributed by atoms with Crippen molar-refractivity contribution in [1.29, 1.82) is 0 Å². The first-order valence-corrected chi connectivity index (χ1v) is 8.77. The molecule has 1 saturated heterocycles. The van der Waals surface area contributed by atoms with E-state index in [1.54, 1.807) is 0 Å². The summed E-state index contributed by atoms with van der Waals surface area (Å²) in [4.78, 5) is 3.96. The van der Waals surface area contributed by atoms with Crippen LogP contribution in [0.3, 0.4) is 0 Å². The summed E-state index contributed by atoms with van der Waals surface area (Å²) in [7, 11) is 0. The van der Waals surface area contributed by atoms with E-state index in [2.05, 4.69) is 53.0 Å². The molecular formula is C15H25BrN2S. The van der Waals surface area contributed by atoms with Gasteiger partial charge in [0.2, 0.25) is 0 Å². The first-order chi connectivity index (χ1) is 8.91. The predicted octanol–water partition coefficient (Wildman–Crippen LogP) is 4.27. The molecule has 0 saturated carbocycles. The third kappa shape index (κ3) is 3.81.